The van der Waals surface area contributed by atoms with Gasteiger partial charge < -0.3 is 8.83 Å². The number of fused-ring (bicyclic) bond motifs is 9. The highest BCUT2D eigenvalue weighted by molar-refractivity contribution is 6.13. The van der Waals surface area contributed by atoms with Crippen molar-refractivity contribution in [2.75, 3.05) is 0 Å². The average molecular weight is 803 g/mol. The van der Waals surface area contributed by atoms with E-state index in [0.29, 0.717) is 0 Å². The molecule has 2 aromatic heterocycles. The van der Waals surface area contributed by atoms with Crippen molar-refractivity contribution in [2.45, 2.75) is 5.41 Å². The molecule has 0 bridgehead atoms. The van der Waals surface area contributed by atoms with Gasteiger partial charge in [-0.3, -0.25) is 0 Å². The van der Waals surface area contributed by atoms with Gasteiger partial charge in [-0.2, -0.15) is 0 Å². The summed E-state index contributed by atoms with van der Waals surface area (Å²) >= 11 is 0. The fourth-order valence-corrected chi connectivity index (χ4v) is 10.6. The van der Waals surface area contributed by atoms with Crippen LogP contribution in [0, 0.1) is 0 Å². The lowest BCUT2D eigenvalue weighted by Crippen LogP contribution is -2.28. The number of hydrogen-bond acceptors (Lipinski definition) is 2. The molecular formula is C61H38O2. The minimum Gasteiger partial charge on any atom is -0.456 e. The molecule has 0 amide bonds. The SMILES string of the molecule is c1cc(-c2cccc(C3(c4cccc(-c5cccc(-c6cccc7oc8ccccc8c67)c5)c4)c4ccccc4-c4ccccc43)c2)cc(-c2cccc3c2oc2ccccc23)c1. The molecule has 63 heavy (non-hydrogen) atoms. The van der Waals surface area contributed by atoms with E-state index in [0.717, 1.165) is 71.7 Å². The summed E-state index contributed by atoms with van der Waals surface area (Å²) in [6, 6.07) is 83.7. The topological polar surface area (TPSA) is 26.3 Å². The largest absolute Gasteiger partial charge is 0.456 e. The fraction of sp³-hybridized carbons (Fsp3) is 0.0164. The van der Waals surface area contributed by atoms with Crippen LogP contribution in [0.4, 0.5) is 0 Å². The van der Waals surface area contributed by atoms with Crippen LogP contribution in [-0.4, -0.2) is 0 Å². The maximum Gasteiger partial charge on any atom is 0.143 e. The predicted octanol–water partition coefficient (Wildman–Crippen LogP) is 16.5. The Balaban J connectivity index is 0.972. The van der Waals surface area contributed by atoms with Crippen LogP contribution in [0.5, 0.6) is 0 Å². The van der Waals surface area contributed by atoms with Gasteiger partial charge in [0.1, 0.15) is 22.3 Å². The number of furan rings is 2. The van der Waals surface area contributed by atoms with Crippen LogP contribution in [0.15, 0.2) is 239 Å². The molecule has 12 aromatic rings. The Morgan fingerprint density at radius 3 is 1.37 bits per heavy atom. The standard InChI is InChI=1S/C61H38O2/c1-5-30-54-49(23-1)50-24-2-6-31-55(50)61(54,45-21-11-17-41(37-45)39-15-9-19-43(35-39)47-27-14-34-58-59(47)53-26-4-8-33-57(53)62-58)46-22-12-18-42(38-46)40-16-10-20-44(36-40)48-28-13-29-52-51-25-3-7-32-56(51)63-60(48)52/h1-38H. The first-order valence-electron chi connectivity index (χ1n) is 21.6. The highest BCUT2D eigenvalue weighted by atomic mass is 16.3. The molecule has 2 heterocycles. The summed E-state index contributed by atoms with van der Waals surface area (Å²) in [7, 11) is 0. The highest BCUT2D eigenvalue weighted by Crippen LogP contribution is 2.57. The zero-order valence-corrected chi connectivity index (χ0v) is 34.3. The van der Waals surface area contributed by atoms with Crippen LogP contribution in [0.2, 0.25) is 0 Å². The maximum absolute atomic E-state index is 6.49. The molecule has 1 aliphatic carbocycles. The zero-order chi connectivity index (χ0) is 41.5. The Labute approximate surface area is 365 Å². The smallest absolute Gasteiger partial charge is 0.143 e. The first-order chi connectivity index (χ1) is 31.2. The van der Waals surface area contributed by atoms with Gasteiger partial charge >= 0.3 is 0 Å². The van der Waals surface area contributed by atoms with Gasteiger partial charge in [0.25, 0.3) is 0 Å². The summed E-state index contributed by atoms with van der Waals surface area (Å²) in [5.41, 5.74) is 19.8. The van der Waals surface area contributed by atoms with Gasteiger partial charge in [-0.25, -0.2) is 0 Å². The van der Waals surface area contributed by atoms with Gasteiger partial charge in [0.05, 0.1) is 5.41 Å². The van der Waals surface area contributed by atoms with E-state index < -0.39 is 5.41 Å². The number of hydrogen-bond donors (Lipinski definition) is 0. The first-order valence-corrected chi connectivity index (χ1v) is 21.6. The summed E-state index contributed by atoms with van der Waals surface area (Å²) in [5, 5.41) is 4.55. The Bertz CT molecular complexity index is 3720. The molecule has 10 aromatic carbocycles. The molecule has 2 heteroatoms. The van der Waals surface area contributed by atoms with E-state index in [1.54, 1.807) is 0 Å². The normalized spacial score (nSPS) is 12.9. The third-order valence-corrected chi connectivity index (χ3v) is 13.4. The van der Waals surface area contributed by atoms with Crippen LogP contribution >= 0.6 is 0 Å². The molecule has 294 valence electrons. The Hall–Kier alpha value is -8.20. The van der Waals surface area contributed by atoms with Crippen LogP contribution in [0.3, 0.4) is 0 Å². The Kier molecular flexibility index (Phi) is 7.85. The van der Waals surface area contributed by atoms with Crippen LogP contribution in [0.25, 0.3) is 99.5 Å². The molecule has 0 unspecified atom stereocenters. The van der Waals surface area contributed by atoms with E-state index in [9.17, 15) is 0 Å². The van der Waals surface area contributed by atoms with Crippen LogP contribution < -0.4 is 0 Å². The quantitative estimate of drug-likeness (QED) is 0.167. The molecule has 0 fully saturated rings. The molecule has 0 saturated carbocycles. The van der Waals surface area contributed by atoms with Crippen molar-refractivity contribution in [3.63, 3.8) is 0 Å². The minimum atomic E-state index is -0.574. The summed E-state index contributed by atoms with van der Waals surface area (Å²) < 4.78 is 12.8. The van der Waals surface area contributed by atoms with Crippen LogP contribution in [0.1, 0.15) is 22.3 Å². The molecule has 0 radical (unpaired) electrons. The van der Waals surface area contributed by atoms with Gasteiger partial charge in [-0.1, -0.05) is 188 Å². The Morgan fingerprint density at radius 1 is 0.270 bits per heavy atom. The summed E-state index contributed by atoms with van der Waals surface area (Å²) in [6.45, 7) is 0. The molecule has 2 nitrogen and oxygen atoms in total. The first kappa shape index (κ1) is 35.5. The average Bonchev–Trinajstić information content (AvgIpc) is 4.03. The lowest BCUT2D eigenvalue weighted by atomic mass is 9.67. The lowest BCUT2D eigenvalue weighted by molar-refractivity contribution is 0.669. The minimum absolute atomic E-state index is 0.574. The molecule has 1 aliphatic rings. The second kappa shape index (κ2) is 13.9. The molecule has 0 atom stereocenters. The maximum atomic E-state index is 6.49. The zero-order valence-electron chi connectivity index (χ0n) is 34.3. The van der Waals surface area contributed by atoms with E-state index >= 15 is 0 Å². The van der Waals surface area contributed by atoms with E-state index in [-0.39, 0.29) is 0 Å². The molecule has 0 saturated heterocycles. The van der Waals surface area contributed by atoms with Crippen molar-refractivity contribution in [2.24, 2.45) is 0 Å². The molecular weight excluding hydrogens is 765 g/mol. The third kappa shape index (κ3) is 5.38. The van der Waals surface area contributed by atoms with Crippen molar-refractivity contribution in [3.05, 3.63) is 253 Å². The van der Waals surface area contributed by atoms with Crippen LogP contribution in [-0.2, 0) is 5.41 Å². The van der Waals surface area contributed by atoms with Gasteiger partial charge in [0.2, 0.25) is 0 Å². The second-order valence-corrected chi connectivity index (χ2v) is 16.7. The van der Waals surface area contributed by atoms with E-state index in [2.05, 4.69) is 206 Å². The number of rotatable bonds is 6. The van der Waals surface area contributed by atoms with Gasteiger partial charge in [0.15, 0.2) is 0 Å². The van der Waals surface area contributed by atoms with Gasteiger partial charge in [0, 0.05) is 27.1 Å². The van der Waals surface area contributed by atoms with Gasteiger partial charge in [-0.05, 0) is 115 Å². The van der Waals surface area contributed by atoms with E-state index in [1.165, 1.54) is 50.1 Å². The molecule has 0 spiro atoms. The van der Waals surface area contributed by atoms with Crippen molar-refractivity contribution in [1.82, 2.24) is 0 Å². The number of para-hydroxylation sites is 3. The van der Waals surface area contributed by atoms with E-state index in [4.69, 9.17) is 8.83 Å². The lowest BCUT2D eigenvalue weighted by Gasteiger charge is -2.34. The predicted molar refractivity (Wildman–Crippen MR) is 260 cm³/mol. The summed E-state index contributed by atoms with van der Waals surface area (Å²) in [6.07, 6.45) is 0. The number of benzene rings is 10. The Morgan fingerprint density at radius 2 is 0.698 bits per heavy atom. The monoisotopic (exact) mass is 802 g/mol. The molecule has 0 aliphatic heterocycles. The van der Waals surface area contributed by atoms with Crippen molar-refractivity contribution < 1.29 is 8.83 Å². The summed E-state index contributed by atoms with van der Waals surface area (Å²) in [4.78, 5) is 0. The third-order valence-electron chi connectivity index (χ3n) is 13.4. The van der Waals surface area contributed by atoms with E-state index in [1.807, 2.05) is 24.3 Å². The highest BCUT2D eigenvalue weighted by Gasteiger charge is 2.46. The van der Waals surface area contributed by atoms with Crippen molar-refractivity contribution in [1.29, 1.82) is 0 Å². The molecule has 0 N–H and O–H groups in total. The van der Waals surface area contributed by atoms with Gasteiger partial charge in [-0.15, -0.1) is 0 Å². The molecule has 13 rings (SSSR count). The van der Waals surface area contributed by atoms with Crippen molar-refractivity contribution >= 4 is 43.9 Å². The second-order valence-electron chi connectivity index (χ2n) is 16.7. The van der Waals surface area contributed by atoms with Crippen molar-refractivity contribution in [3.8, 4) is 55.6 Å². The summed E-state index contributed by atoms with van der Waals surface area (Å²) in [5.74, 6) is 0. The fourth-order valence-electron chi connectivity index (χ4n) is 10.6.